The second kappa shape index (κ2) is 7.55. The van der Waals surface area contributed by atoms with Crippen molar-refractivity contribution in [3.05, 3.63) is 65.4 Å². The van der Waals surface area contributed by atoms with Crippen LogP contribution in [-0.4, -0.2) is 31.1 Å². The maximum Gasteiger partial charge on any atom is 0.471 e. The Balaban J connectivity index is 1.85. The summed E-state index contributed by atoms with van der Waals surface area (Å²) < 4.78 is 47.3. The Morgan fingerprint density at radius 2 is 1.93 bits per heavy atom. The first kappa shape index (κ1) is 19.2. The smallest absolute Gasteiger partial charge is 0.471 e. The molecular formula is C19H13F3N2O4. The van der Waals surface area contributed by atoms with Crippen LogP contribution in [-0.2, 0) is 14.3 Å². The van der Waals surface area contributed by atoms with Gasteiger partial charge in [0.25, 0.3) is 0 Å². The van der Waals surface area contributed by atoms with E-state index in [0.717, 1.165) is 0 Å². The van der Waals surface area contributed by atoms with E-state index in [9.17, 15) is 22.8 Å². The van der Waals surface area contributed by atoms with Gasteiger partial charge >= 0.3 is 18.1 Å². The third-order valence-corrected chi connectivity index (χ3v) is 3.64. The number of nitrogens with one attached hydrogen (secondary N) is 1. The molecule has 2 aromatic rings. The highest BCUT2D eigenvalue weighted by molar-refractivity contribution is 6.13. The van der Waals surface area contributed by atoms with Gasteiger partial charge in [-0.25, -0.2) is 9.79 Å². The summed E-state index contributed by atoms with van der Waals surface area (Å²) in [6.07, 6.45) is -3.65. The molecule has 144 valence electrons. The Morgan fingerprint density at radius 3 is 2.64 bits per heavy atom. The number of benzene rings is 2. The number of rotatable bonds is 4. The highest BCUT2D eigenvalue weighted by Crippen LogP contribution is 2.23. The molecule has 0 saturated heterocycles. The zero-order valence-electron chi connectivity index (χ0n) is 14.4. The molecule has 0 spiro atoms. The second-order valence-corrected chi connectivity index (χ2v) is 5.65. The van der Waals surface area contributed by atoms with Gasteiger partial charge in [-0.15, -0.1) is 0 Å². The van der Waals surface area contributed by atoms with Gasteiger partial charge in [-0.2, -0.15) is 13.2 Å². The van der Waals surface area contributed by atoms with Crippen LogP contribution in [0.1, 0.15) is 11.1 Å². The van der Waals surface area contributed by atoms with Gasteiger partial charge in [0, 0.05) is 11.3 Å². The number of carbonyl (C=O) groups excluding carboxylic acids is 2. The van der Waals surface area contributed by atoms with Crippen molar-refractivity contribution in [2.45, 2.75) is 6.18 Å². The van der Waals surface area contributed by atoms with Crippen LogP contribution < -0.4 is 10.1 Å². The Kier molecular flexibility index (Phi) is 5.16. The van der Waals surface area contributed by atoms with Crippen LogP contribution in [0.15, 0.2) is 59.2 Å². The minimum absolute atomic E-state index is 0.0304. The van der Waals surface area contributed by atoms with Gasteiger partial charge in [-0.1, -0.05) is 18.2 Å². The first-order valence-corrected chi connectivity index (χ1v) is 7.91. The van der Waals surface area contributed by atoms with Crippen LogP contribution in [0, 0.1) is 0 Å². The fourth-order valence-corrected chi connectivity index (χ4v) is 2.35. The van der Waals surface area contributed by atoms with E-state index in [-0.39, 0.29) is 17.3 Å². The molecule has 3 rings (SSSR count). The van der Waals surface area contributed by atoms with E-state index in [1.165, 1.54) is 31.4 Å². The van der Waals surface area contributed by atoms with Crippen molar-refractivity contribution < 1.29 is 32.2 Å². The van der Waals surface area contributed by atoms with Crippen LogP contribution >= 0.6 is 0 Å². The molecule has 28 heavy (non-hydrogen) atoms. The average Bonchev–Trinajstić information content (AvgIpc) is 3.02. The topological polar surface area (TPSA) is 77.0 Å². The SMILES string of the molecule is COc1cccc(C2=N/C(=C\c3cccc(NC(=O)C(F)(F)F)c3)C(=O)O2)c1. The molecule has 6 nitrogen and oxygen atoms in total. The van der Waals surface area contributed by atoms with Gasteiger partial charge in [0.1, 0.15) is 5.75 Å². The van der Waals surface area contributed by atoms with Gasteiger partial charge in [-0.05, 0) is 42.0 Å². The van der Waals surface area contributed by atoms with Crippen LogP contribution in [0.25, 0.3) is 6.08 Å². The summed E-state index contributed by atoms with van der Waals surface area (Å²) in [5, 5.41) is 1.75. The lowest BCUT2D eigenvalue weighted by atomic mass is 10.1. The predicted octanol–water partition coefficient (Wildman–Crippen LogP) is 3.54. The normalized spacial score (nSPS) is 15.2. The third-order valence-electron chi connectivity index (χ3n) is 3.64. The lowest BCUT2D eigenvalue weighted by Crippen LogP contribution is -2.29. The van der Waals surface area contributed by atoms with Crippen molar-refractivity contribution in [1.82, 2.24) is 0 Å². The number of nitrogens with zero attached hydrogens (tertiary/aromatic N) is 1. The number of aliphatic imine (C=N–C) groups is 1. The van der Waals surface area contributed by atoms with Crippen molar-refractivity contribution in [3.8, 4) is 5.75 Å². The molecule has 1 heterocycles. The van der Waals surface area contributed by atoms with Crippen LogP contribution in [0.5, 0.6) is 5.75 Å². The molecule has 0 fully saturated rings. The Bertz CT molecular complexity index is 997. The molecule has 1 N–H and O–H groups in total. The number of esters is 1. The molecule has 0 atom stereocenters. The molecular weight excluding hydrogens is 377 g/mol. The Labute approximate surface area is 157 Å². The van der Waals surface area contributed by atoms with Gasteiger partial charge in [-0.3, -0.25) is 4.79 Å². The summed E-state index contributed by atoms with van der Waals surface area (Å²) in [4.78, 5) is 27.2. The van der Waals surface area contributed by atoms with Gasteiger partial charge < -0.3 is 14.8 Å². The monoisotopic (exact) mass is 390 g/mol. The highest BCUT2D eigenvalue weighted by Gasteiger charge is 2.38. The molecule has 2 aromatic carbocycles. The minimum atomic E-state index is -5.00. The average molecular weight is 390 g/mol. The van der Waals surface area contributed by atoms with E-state index in [1.807, 2.05) is 0 Å². The first-order chi connectivity index (χ1) is 13.3. The van der Waals surface area contributed by atoms with Crippen LogP contribution in [0.4, 0.5) is 18.9 Å². The summed E-state index contributed by atoms with van der Waals surface area (Å²) in [7, 11) is 1.50. The zero-order chi connectivity index (χ0) is 20.3. The van der Waals surface area contributed by atoms with Crippen molar-refractivity contribution >= 4 is 29.5 Å². The molecule has 0 saturated carbocycles. The Hall–Kier alpha value is -3.62. The predicted molar refractivity (Wildman–Crippen MR) is 94.7 cm³/mol. The summed E-state index contributed by atoms with van der Waals surface area (Å²) >= 11 is 0. The first-order valence-electron chi connectivity index (χ1n) is 7.91. The quantitative estimate of drug-likeness (QED) is 0.640. The molecule has 0 radical (unpaired) electrons. The fourth-order valence-electron chi connectivity index (χ4n) is 2.35. The van der Waals surface area contributed by atoms with Crippen LogP contribution in [0.3, 0.4) is 0 Å². The molecule has 1 amide bonds. The maximum absolute atomic E-state index is 12.4. The molecule has 1 aliphatic rings. The van der Waals surface area contributed by atoms with Crippen molar-refractivity contribution in [1.29, 1.82) is 0 Å². The second-order valence-electron chi connectivity index (χ2n) is 5.65. The van der Waals surface area contributed by atoms with E-state index in [2.05, 4.69) is 4.99 Å². The highest BCUT2D eigenvalue weighted by atomic mass is 19.4. The number of carbonyl (C=O) groups is 2. The number of anilines is 1. The van der Waals surface area contributed by atoms with E-state index < -0.39 is 18.1 Å². The number of cyclic esters (lactones) is 1. The number of amides is 1. The summed E-state index contributed by atoms with van der Waals surface area (Å²) in [5.74, 6) is -2.16. The third kappa shape index (κ3) is 4.37. The molecule has 0 aliphatic carbocycles. The summed E-state index contributed by atoms with van der Waals surface area (Å²) in [6, 6.07) is 12.3. The fraction of sp³-hybridized carbons (Fsp3) is 0.105. The number of alkyl halides is 3. The number of hydrogen-bond donors (Lipinski definition) is 1. The van der Waals surface area contributed by atoms with E-state index in [4.69, 9.17) is 9.47 Å². The van der Waals surface area contributed by atoms with Gasteiger partial charge in [0.15, 0.2) is 5.70 Å². The Morgan fingerprint density at radius 1 is 1.18 bits per heavy atom. The number of halogens is 3. The van der Waals surface area contributed by atoms with Crippen molar-refractivity contribution in [2.24, 2.45) is 4.99 Å². The van der Waals surface area contributed by atoms with Gasteiger partial charge in [0.05, 0.1) is 7.11 Å². The van der Waals surface area contributed by atoms with Crippen LogP contribution in [0.2, 0.25) is 0 Å². The van der Waals surface area contributed by atoms with E-state index >= 15 is 0 Å². The minimum Gasteiger partial charge on any atom is -0.497 e. The van der Waals surface area contributed by atoms with Crippen molar-refractivity contribution in [3.63, 3.8) is 0 Å². The molecule has 1 aliphatic heterocycles. The molecule has 0 aromatic heterocycles. The standard InChI is InChI=1S/C19H13F3N2O4/c1-27-14-7-3-5-12(10-14)16-24-15(17(25)28-16)9-11-4-2-6-13(8-11)23-18(26)19(20,21)22/h2-10H,1H3,(H,23,26)/b15-9-. The lowest BCUT2D eigenvalue weighted by Gasteiger charge is -2.08. The number of hydrogen-bond acceptors (Lipinski definition) is 5. The molecule has 0 bridgehead atoms. The molecule has 0 unspecified atom stereocenters. The maximum atomic E-state index is 12.4. The number of ether oxygens (including phenoxy) is 2. The van der Waals surface area contributed by atoms with Crippen molar-refractivity contribution in [2.75, 3.05) is 12.4 Å². The van der Waals surface area contributed by atoms with Gasteiger partial charge in [0.2, 0.25) is 5.90 Å². The van der Waals surface area contributed by atoms with E-state index in [0.29, 0.717) is 16.9 Å². The summed E-state index contributed by atoms with van der Waals surface area (Å²) in [6.45, 7) is 0. The van der Waals surface area contributed by atoms with E-state index in [1.54, 1.807) is 35.6 Å². The zero-order valence-corrected chi connectivity index (χ0v) is 14.4. The molecule has 9 heteroatoms. The summed E-state index contributed by atoms with van der Waals surface area (Å²) in [5.41, 5.74) is 0.794. The lowest BCUT2D eigenvalue weighted by molar-refractivity contribution is -0.167. The number of methoxy groups -OCH3 is 1. The largest absolute Gasteiger partial charge is 0.497 e.